The van der Waals surface area contributed by atoms with Gasteiger partial charge in [0.05, 0.1) is 0 Å². The lowest BCUT2D eigenvalue weighted by molar-refractivity contribution is -0.433. The molecule has 0 aromatic carbocycles. The van der Waals surface area contributed by atoms with E-state index in [4.69, 9.17) is 0 Å². The molecule has 0 aliphatic rings. The summed E-state index contributed by atoms with van der Waals surface area (Å²) >= 11 is 3.21. The molecule has 0 fully saturated rings. The molecule has 0 N–H and O–H groups in total. The fraction of sp³-hybridized carbons (Fsp3) is 0.667. The maximum absolute atomic E-state index is 14.8. The van der Waals surface area contributed by atoms with Crippen molar-refractivity contribution in [1.82, 2.24) is 0 Å². The second-order valence-corrected chi connectivity index (χ2v) is 6.88. The maximum Gasteiger partial charge on any atom is 0.460 e. The number of thiol groups is 1. The molecule has 0 bridgehead atoms. The van der Waals surface area contributed by atoms with Gasteiger partial charge >= 0.3 is 29.9 Å². The Morgan fingerprint density at radius 2 is 1.19 bits per heavy atom. The minimum Gasteiger partial charge on any atom is -0.230 e. The Hall–Kier alpha value is -0.790. The van der Waals surface area contributed by atoms with Crippen LogP contribution < -0.4 is 0 Å². The van der Waals surface area contributed by atoms with Gasteiger partial charge in [0.2, 0.25) is 5.67 Å². The second kappa shape index (κ2) is 6.38. The van der Waals surface area contributed by atoms with E-state index in [2.05, 4.69) is 12.6 Å². The summed E-state index contributed by atoms with van der Waals surface area (Å²) in [7, 11) is 0. The second-order valence-electron chi connectivity index (χ2n) is 5.16. The third kappa shape index (κ3) is 2.87. The maximum atomic E-state index is 14.8. The summed E-state index contributed by atoms with van der Waals surface area (Å²) in [5, 5.41) is -1.62. The van der Waals surface area contributed by atoms with Crippen molar-refractivity contribution < 1.29 is 52.7 Å². The first-order valence-electron chi connectivity index (χ1n) is 6.29. The van der Waals surface area contributed by atoms with E-state index in [1.807, 2.05) is 0 Å². The van der Waals surface area contributed by atoms with Crippen LogP contribution in [0.15, 0.2) is 17.5 Å². The summed E-state index contributed by atoms with van der Waals surface area (Å²) in [5.74, 6) is -29.4. The molecule has 0 aliphatic heterocycles. The lowest BCUT2D eigenvalue weighted by Crippen LogP contribution is -2.71. The van der Waals surface area contributed by atoms with Crippen molar-refractivity contribution >= 4 is 24.0 Å². The molecule has 2 unspecified atom stereocenters. The number of hydrogen-bond acceptors (Lipinski definition) is 2. The Morgan fingerprint density at radius 3 is 1.50 bits per heavy atom. The molecule has 1 rings (SSSR count). The van der Waals surface area contributed by atoms with E-state index in [1.165, 1.54) is 0 Å². The minimum atomic E-state index is -7.67. The van der Waals surface area contributed by atoms with E-state index in [1.54, 1.807) is 0 Å². The molecule has 0 spiro atoms. The monoisotopic (exact) mass is 444 g/mol. The Kier molecular flexibility index (Phi) is 5.71. The summed E-state index contributed by atoms with van der Waals surface area (Å²) in [5.41, 5.74) is -4.78. The zero-order valence-corrected chi connectivity index (χ0v) is 13.9. The van der Waals surface area contributed by atoms with Crippen LogP contribution in [0.1, 0.15) is 11.8 Å². The Bertz CT molecular complexity index is 619. The molecule has 1 aromatic heterocycles. The van der Waals surface area contributed by atoms with Crippen molar-refractivity contribution in [2.75, 3.05) is 0 Å². The summed E-state index contributed by atoms with van der Waals surface area (Å²) < 4.78 is 159. The SMILES string of the molecule is CC(S)C(F)(c1cccs1)C(F)(F)C(F)(F)C(F)(F)C(F)(F)C(F)(F)F. The van der Waals surface area contributed by atoms with Gasteiger partial charge < -0.3 is 0 Å². The summed E-state index contributed by atoms with van der Waals surface area (Å²) in [4.78, 5) is -1.31. The van der Waals surface area contributed by atoms with Crippen molar-refractivity contribution in [2.24, 2.45) is 0 Å². The standard InChI is InChI=1S/C12H8F12S2/c1-5(25)7(13,6-3-2-4-26-6)8(14,15)9(16,17)10(18,19)11(20,21)12(22,23)24/h2-5,25H,1H3. The quantitative estimate of drug-likeness (QED) is 0.385. The van der Waals surface area contributed by atoms with Gasteiger partial charge in [-0.25, -0.2) is 4.39 Å². The van der Waals surface area contributed by atoms with Gasteiger partial charge in [-0.05, 0) is 18.4 Å². The molecule has 1 aromatic rings. The van der Waals surface area contributed by atoms with Crippen LogP contribution in [0.2, 0.25) is 0 Å². The lowest BCUT2D eigenvalue weighted by atomic mass is 9.83. The van der Waals surface area contributed by atoms with E-state index < -0.39 is 45.7 Å². The van der Waals surface area contributed by atoms with Gasteiger partial charge in [0, 0.05) is 10.1 Å². The topological polar surface area (TPSA) is 0 Å². The molecule has 152 valence electrons. The number of alkyl halides is 12. The molecule has 0 saturated carbocycles. The van der Waals surface area contributed by atoms with Gasteiger partial charge in [0.1, 0.15) is 0 Å². The van der Waals surface area contributed by atoms with E-state index in [9.17, 15) is 52.7 Å². The molecule has 0 amide bonds. The highest BCUT2D eigenvalue weighted by atomic mass is 32.1. The van der Waals surface area contributed by atoms with Crippen LogP contribution in [-0.4, -0.2) is 35.1 Å². The van der Waals surface area contributed by atoms with Gasteiger partial charge in [-0.1, -0.05) is 6.07 Å². The predicted molar refractivity (Wildman–Crippen MR) is 71.4 cm³/mol. The van der Waals surface area contributed by atoms with Gasteiger partial charge in [-0.3, -0.25) is 0 Å². The van der Waals surface area contributed by atoms with Gasteiger partial charge in [0.25, 0.3) is 0 Å². The smallest absolute Gasteiger partial charge is 0.230 e. The number of rotatable bonds is 6. The van der Waals surface area contributed by atoms with Crippen molar-refractivity contribution in [2.45, 2.75) is 47.7 Å². The van der Waals surface area contributed by atoms with Gasteiger partial charge in [0.15, 0.2) is 0 Å². The van der Waals surface area contributed by atoms with Crippen LogP contribution in [0.25, 0.3) is 0 Å². The molecule has 2 atom stereocenters. The van der Waals surface area contributed by atoms with Crippen LogP contribution in [0.3, 0.4) is 0 Å². The average molecular weight is 444 g/mol. The molecule has 26 heavy (non-hydrogen) atoms. The van der Waals surface area contributed by atoms with Gasteiger partial charge in [-0.2, -0.15) is 60.9 Å². The molecule has 0 aliphatic carbocycles. The molecule has 0 nitrogen and oxygen atoms in total. The van der Waals surface area contributed by atoms with E-state index in [0.717, 1.165) is 11.4 Å². The first kappa shape index (κ1) is 23.2. The van der Waals surface area contributed by atoms with Crippen LogP contribution in [0, 0.1) is 0 Å². The van der Waals surface area contributed by atoms with Crippen LogP contribution in [0.4, 0.5) is 52.7 Å². The molecule has 0 radical (unpaired) electrons. The first-order valence-corrected chi connectivity index (χ1v) is 7.68. The highest BCUT2D eigenvalue weighted by molar-refractivity contribution is 7.81. The van der Waals surface area contributed by atoms with Crippen molar-refractivity contribution in [1.29, 1.82) is 0 Å². The predicted octanol–water partition coefficient (Wildman–Crippen LogP) is 6.33. The largest absolute Gasteiger partial charge is 0.460 e. The van der Waals surface area contributed by atoms with Crippen molar-refractivity contribution in [3.63, 3.8) is 0 Å². The van der Waals surface area contributed by atoms with Crippen LogP contribution in [0.5, 0.6) is 0 Å². The third-order valence-electron chi connectivity index (χ3n) is 3.45. The summed E-state index contributed by atoms with van der Waals surface area (Å²) in [6.07, 6.45) is -7.30. The van der Waals surface area contributed by atoms with E-state index >= 15 is 0 Å². The van der Waals surface area contributed by atoms with E-state index in [0.29, 0.717) is 13.0 Å². The Labute approximate surface area is 147 Å². The molecule has 1 heterocycles. The average Bonchev–Trinajstić information content (AvgIpc) is 2.98. The van der Waals surface area contributed by atoms with E-state index in [-0.39, 0.29) is 11.3 Å². The minimum absolute atomic E-state index is 0.0330. The van der Waals surface area contributed by atoms with Crippen molar-refractivity contribution in [3.05, 3.63) is 22.4 Å². The fourth-order valence-corrected chi connectivity index (χ4v) is 3.24. The molecular weight excluding hydrogens is 436 g/mol. The highest BCUT2D eigenvalue weighted by Crippen LogP contribution is 2.63. The first-order chi connectivity index (χ1) is 11.3. The zero-order chi connectivity index (χ0) is 21.0. The Balaban J connectivity index is 3.67. The molecular formula is C12H8F12S2. The third-order valence-corrected chi connectivity index (χ3v) is 4.79. The van der Waals surface area contributed by atoms with Gasteiger partial charge in [-0.15, -0.1) is 11.3 Å². The molecule has 0 saturated heterocycles. The summed E-state index contributed by atoms with van der Waals surface area (Å²) in [6.45, 7) is 0.423. The summed E-state index contributed by atoms with van der Waals surface area (Å²) in [6, 6.07) is 1.31. The highest BCUT2D eigenvalue weighted by Gasteiger charge is 2.90. The zero-order valence-electron chi connectivity index (χ0n) is 12.2. The number of hydrogen-bond donors (Lipinski definition) is 1. The number of thiophene rings is 1. The fourth-order valence-electron chi connectivity index (χ4n) is 1.91. The Morgan fingerprint density at radius 1 is 0.769 bits per heavy atom. The lowest BCUT2D eigenvalue weighted by Gasteiger charge is -2.43. The van der Waals surface area contributed by atoms with Crippen LogP contribution >= 0.6 is 24.0 Å². The van der Waals surface area contributed by atoms with Crippen LogP contribution in [-0.2, 0) is 5.67 Å². The number of halogens is 12. The van der Waals surface area contributed by atoms with Crippen molar-refractivity contribution in [3.8, 4) is 0 Å². The molecule has 14 heteroatoms. The normalized spacial score (nSPS) is 18.5.